The van der Waals surface area contributed by atoms with Crippen molar-refractivity contribution in [2.45, 2.75) is 19.3 Å². The van der Waals surface area contributed by atoms with Crippen LogP contribution in [0.15, 0.2) is 73.7 Å². The van der Waals surface area contributed by atoms with Crippen molar-refractivity contribution in [2.75, 3.05) is 36.0 Å². The molecule has 36 heavy (non-hydrogen) atoms. The predicted molar refractivity (Wildman–Crippen MR) is 140 cm³/mol. The number of hydrogen-bond acceptors (Lipinski definition) is 7. The Hall–Kier alpha value is -4.27. The van der Waals surface area contributed by atoms with Crippen LogP contribution in [0.25, 0.3) is 16.6 Å². The van der Waals surface area contributed by atoms with Crippen molar-refractivity contribution < 1.29 is 0 Å². The molecule has 0 unspecified atom stereocenters. The van der Waals surface area contributed by atoms with Crippen molar-refractivity contribution >= 4 is 17.3 Å². The maximum atomic E-state index is 4.74. The third-order valence-corrected chi connectivity index (χ3v) is 6.96. The molecule has 1 saturated heterocycles. The van der Waals surface area contributed by atoms with E-state index in [-0.39, 0.29) is 0 Å². The summed E-state index contributed by atoms with van der Waals surface area (Å²) in [4.78, 5) is 18.7. The predicted octanol–water partition coefficient (Wildman–Crippen LogP) is 3.79. The molecule has 0 saturated carbocycles. The van der Waals surface area contributed by atoms with Crippen LogP contribution in [0.2, 0.25) is 0 Å². The van der Waals surface area contributed by atoms with Crippen molar-refractivity contribution in [1.29, 1.82) is 0 Å². The molecule has 5 heterocycles. The standard InChI is InChI=1S/C27H29N9/c1-3-24(20-7-5-4-6-8-20)22-14-28-27(29-15-22)35-11-9-34(10-12-35)26-25-13-21(18-36(25)32-19-30-26)23-16-31-33(2)17-23/h4-8,13-19,24H,3,9-12H2,1-2H3/t24-/m0/s1. The van der Waals surface area contributed by atoms with Gasteiger partial charge >= 0.3 is 0 Å². The normalized spacial score (nSPS) is 14.9. The minimum Gasteiger partial charge on any atom is -0.351 e. The molecule has 0 radical (unpaired) electrons. The molecule has 1 aliphatic heterocycles. The van der Waals surface area contributed by atoms with Crippen LogP contribution in [0.5, 0.6) is 0 Å². The molecule has 0 aliphatic carbocycles. The Morgan fingerprint density at radius 1 is 0.806 bits per heavy atom. The number of rotatable bonds is 6. The van der Waals surface area contributed by atoms with Gasteiger partial charge < -0.3 is 9.80 Å². The molecule has 1 aromatic carbocycles. The van der Waals surface area contributed by atoms with E-state index in [9.17, 15) is 0 Å². The molecular weight excluding hydrogens is 450 g/mol. The van der Waals surface area contributed by atoms with Gasteiger partial charge in [-0.2, -0.15) is 10.2 Å². The largest absolute Gasteiger partial charge is 0.351 e. The Kier molecular flexibility index (Phi) is 5.80. The van der Waals surface area contributed by atoms with Gasteiger partial charge in [0.05, 0.1) is 6.20 Å². The van der Waals surface area contributed by atoms with Crippen molar-refractivity contribution in [1.82, 2.24) is 34.3 Å². The molecule has 9 nitrogen and oxygen atoms in total. The quantitative estimate of drug-likeness (QED) is 0.367. The fraction of sp³-hybridized carbons (Fsp3) is 0.296. The van der Waals surface area contributed by atoms with Crippen LogP contribution in [-0.2, 0) is 7.05 Å². The number of aryl methyl sites for hydroxylation is 1. The molecule has 6 rings (SSSR count). The second-order valence-electron chi connectivity index (χ2n) is 9.21. The van der Waals surface area contributed by atoms with Crippen molar-refractivity contribution in [3.8, 4) is 11.1 Å². The number of nitrogens with zero attached hydrogens (tertiary/aromatic N) is 9. The molecule has 0 amide bonds. The minimum absolute atomic E-state index is 0.316. The van der Waals surface area contributed by atoms with E-state index in [4.69, 9.17) is 9.97 Å². The third kappa shape index (κ3) is 4.17. The molecule has 182 valence electrons. The van der Waals surface area contributed by atoms with Gasteiger partial charge in [-0.25, -0.2) is 19.5 Å². The van der Waals surface area contributed by atoms with E-state index < -0.39 is 0 Å². The fourth-order valence-electron chi connectivity index (χ4n) is 5.03. The monoisotopic (exact) mass is 479 g/mol. The summed E-state index contributed by atoms with van der Waals surface area (Å²) in [6, 6.07) is 12.7. The lowest BCUT2D eigenvalue weighted by Crippen LogP contribution is -2.47. The zero-order valence-electron chi connectivity index (χ0n) is 20.6. The highest BCUT2D eigenvalue weighted by Crippen LogP contribution is 2.29. The van der Waals surface area contributed by atoms with Crippen molar-refractivity contribution in [3.63, 3.8) is 0 Å². The summed E-state index contributed by atoms with van der Waals surface area (Å²) >= 11 is 0. The Morgan fingerprint density at radius 2 is 1.56 bits per heavy atom. The molecule has 0 spiro atoms. The zero-order valence-corrected chi connectivity index (χ0v) is 20.6. The van der Waals surface area contributed by atoms with Crippen LogP contribution in [0.1, 0.15) is 30.4 Å². The molecule has 9 heteroatoms. The summed E-state index contributed by atoms with van der Waals surface area (Å²) in [6.45, 7) is 5.56. The summed E-state index contributed by atoms with van der Waals surface area (Å²) in [5, 5.41) is 8.72. The number of benzene rings is 1. The van der Waals surface area contributed by atoms with Gasteiger partial charge in [0.15, 0.2) is 5.82 Å². The summed E-state index contributed by atoms with van der Waals surface area (Å²) in [6.07, 6.45) is 12.5. The van der Waals surface area contributed by atoms with E-state index in [0.717, 1.165) is 66.6 Å². The Labute approximate surface area is 210 Å². The molecule has 1 fully saturated rings. The molecule has 0 bridgehead atoms. The van der Waals surface area contributed by atoms with Gasteiger partial charge in [-0.1, -0.05) is 37.3 Å². The first kappa shape index (κ1) is 22.2. The van der Waals surface area contributed by atoms with Gasteiger partial charge in [-0.15, -0.1) is 0 Å². The second kappa shape index (κ2) is 9.41. The van der Waals surface area contributed by atoms with E-state index in [2.05, 4.69) is 68.3 Å². The van der Waals surface area contributed by atoms with Gasteiger partial charge in [-0.05, 0) is 23.6 Å². The lowest BCUT2D eigenvalue weighted by molar-refractivity contribution is 0.632. The molecular formula is C27H29N9. The van der Waals surface area contributed by atoms with Crippen LogP contribution in [-0.4, -0.2) is 60.5 Å². The zero-order chi connectivity index (χ0) is 24.5. The van der Waals surface area contributed by atoms with Gasteiger partial charge in [0, 0.05) is 75.1 Å². The topological polar surface area (TPSA) is 80.3 Å². The van der Waals surface area contributed by atoms with E-state index in [1.807, 2.05) is 47.2 Å². The Balaban J connectivity index is 1.16. The highest BCUT2D eigenvalue weighted by atomic mass is 15.4. The van der Waals surface area contributed by atoms with Gasteiger partial charge in [-0.3, -0.25) is 4.68 Å². The number of hydrogen-bond donors (Lipinski definition) is 0. The SMILES string of the molecule is CC[C@@H](c1ccccc1)c1cnc(N2CCN(c3ncnn4cc(-c5cnn(C)c5)cc34)CC2)nc1. The van der Waals surface area contributed by atoms with Crippen LogP contribution in [0.3, 0.4) is 0 Å². The maximum absolute atomic E-state index is 4.74. The smallest absolute Gasteiger partial charge is 0.225 e. The van der Waals surface area contributed by atoms with Crippen LogP contribution >= 0.6 is 0 Å². The lowest BCUT2D eigenvalue weighted by atomic mass is 9.91. The number of aromatic nitrogens is 7. The Bertz CT molecular complexity index is 1450. The molecule has 0 N–H and O–H groups in total. The summed E-state index contributed by atoms with van der Waals surface area (Å²) in [5.74, 6) is 2.05. The fourth-order valence-corrected chi connectivity index (χ4v) is 5.03. The van der Waals surface area contributed by atoms with Gasteiger partial charge in [0.1, 0.15) is 11.8 Å². The van der Waals surface area contributed by atoms with E-state index in [1.165, 1.54) is 5.56 Å². The van der Waals surface area contributed by atoms with Crippen LogP contribution in [0.4, 0.5) is 11.8 Å². The molecule has 5 aromatic rings. The average molecular weight is 480 g/mol. The Morgan fingerprint density at radius 3 is 2.25 bits per heavy atom. The van der Waals surface area contributed by atoms with Crippen LogP contribution in [0, 0.1) is 0 Å². The third-order valence-electron chi connectivity index (χ3n) is 6.96. The summed E-state index contributed by atoms with van der Waals surface area (Å²) in [5.41, 5.74) is 5.61. The minimum atomic E-state index is 0.316. The first-order valence-corrected chi connectivity index (χ1v) is 12.4. The second-order valence-corrected chi connectivity index (χ2v) is 9.21. The van der Waals surface area contributed by atoms with Crippen LogP contribution < -0.4 is 9.80 Å². The highest BCUT2D eigenvalue weighted by Gasteiger charge is 2.23. The first-order valence-electron chi connectivity index (χ1n) is 12.4. The summed E-state index contributed by atoms with van der Waals surface area (Å²) < 4.78 is 3.71. The molecule has 4 aromatic heterocycles. The average Bonchev–Trinajstić information content (AvgIpc) is 3.56. The molecule has 1 aliphatic rings. The van der Waals surface area contributed by atoms with Crippen molar-refractivity contribution in [2.24, 2.45) is 7.05 Å². The van der Waals surface area contributed by atoms with Gasteiger partial charge in [0.25, 0.3) is 0 Å². The number of fused-ring (bicyclic) bond motifs is 1. The van der Waals surface area contributed by atoms with E-state index in [1.54, 1.807) is 6.33 Å². The van der Waals surface area contributed by atoms with E-state index in [0.29, 0.717) is 5.92 Å². The number of anilines is 2. The lowest BCUT2D eigenvalue weighted by Gasteiger charge is -2.35. The maximum Gasteiger partial charge on any atom is 0.225 e. The molecule has 1 atom stereocenters. The summed E-state index contributed by atoms with van der Waals surface area (Å²) in [7, 11) is 1.92. The number of piperazine rings is 1. The first-order chi connectivity index (χ1) is 17.7. The van der Waals surface area contributed by atoms with Gasteiger partial charge in [0.2, 0.25) is 5.95 Å². The highest BCUT2D eigenvalue weighted by molar-refractivity contribution is 5.77. The van der Waals surface area contributed by atoms with Crippen molar-refractivity contribution in [3.05, 3.63) is 84.8 Å². The van der Waals surface area contributed by atoms with E-state index >= 15 is 0 Å².